The van der Waals surface area contributed by atoms with Crippen LogP contribution < -0.4 is 10.1 Å². The second-order valence-corrected chi connectivity index (χ2v) is 7.82. The summed E-state index contributed by atoms with van der Waals surface area (Å²) in [7, 11) is -3.98. The zero-order valence-corrected chi connectivity index (χ0v) is 16.3. The maximum absolute atomic E-state index is 12.5. The molecule has 0 aliphatic carbocycles. The Morgan fingerprint density at radius 2 is 1.69 bits per heavy atom. The molecule has 0 radical (unpaired) electrons. The lowest BCUT2D eigenvalue weighted by atomic mass is 10.1. The first-order valence-corrected chi connectivity index (χ1v) is 10.1. The Morgan fingerprint density at radius 3 is 2.38 bits per heavy atom. The molecule has 0 fully saturated rings. The summed E-state index contributed by atoms with van der Waals surface area (Å²) >= 11 is 0. The number of nitro benzene ring substituents is 1. The van der Waals surface area contributed by atoms with E-state index in [-0.39, 0.29) is 10.6 Å². The normalized spacial score (nSPS) is 11.3. The Balaban J connectivity index is 1.85. The summed E-state index contributed by atoms with van der Waals surface area (Å²) in [6, 6.07) is 19.4. The van der Waals surface area contributed by atoms with Crippen molar-refractivity contribution in [2.75, 3.05) is 10.1 Å². The highest BCUT2D eigenvalue weighted by molar-refractivity contribution is 7.92. The van der Waals surface area contributed by atoms with Crippen LogP contribution in [0.1, 0.15) is 11.1 Å². The number of nitro groups is 1. The molecule has 29 heavy (non-hydrogen) atoms. The monoisotopic (exact) mass is 410 g/mol. The van der Waals surface area contributed by atoms with Gasteiger partial charge < -0.3 is 0 Å². The first-order valence-electron chi connectivity index (χ1n) is 8.58. The minimum absolute atomic E-state index is 0.0819. The van der Waals surface area contributed by atoms with Crippen molar-refractivity contribution in [1.82, 2.24) is 0 Å². The molecule has 3 aromatic rings. The number of benzene rings is 3. The van der Waals surface area contributed by atoms with Gasteiger partial charge in [-0.1, -0.05) is 42.5 Å². The first kappa shape index (κ1) is 20.0. The minimum Gasteiger partial charge on any atom is -0.280 e. The van der Waals surface area contributed by atoms with Crippen molar-refractivity contribution in [3.8, 4) is 0 Å². The fraction of sp³-hybridized carbons (Fsp3) is 0.0500. The number of sulfonamides is 1. The van der Waals surface area contributed by atoms with Crippen LogP contribution in [0.5, 0.6) is 0 Å². The fourth-order valence-electron chi connectivity index (χ4n) is 2.55. The zero-order valence-electron chi connectivity index (χ0n) is 15.4. The number of hydrazone groups is 1. The van der Waals surface area contributed by atoms with Crippen LogP contribution in [0.2, 0.25) is 0 Å². The molecule has 3 aromatic carbocycles. The van der Waals surface area contributed by atoms with E-state index in [0.29, 0.717) is 5.69 Å². The van der Waals surface area contributed by atoms with Crippen molar-refractivity contribution >= 4 is 33.3 Å². The van der Waals surface area contributed by atoms with Gasteiger partial charge in [0.15, 0.2) is 0 Å². The van der Waals surface area contributed by atoms with Gasteiger partial charge in [0.2, 0.25) is 0 Å². The minimum atomic E-state index is -3.98. The fourth-order valence-corrected chi connectivity index (χ4v) is 3.63. The van der Waals surface area contributed by atoms with E-state index in [1.165, 1.54) is 12.1 Å². The number of anilines is 2. The van der Waals surface area contributed by atoms with Gasteiger partial charge in [-0.2, -0.15) is 5.10 Å². The van der Waals surface area contributed by atoms with Gasteiger partial charge in [-0.15, -0.1) is 0 Å². The molecule has 0 bridgehead atoms. The van der Waals surface area contributed by atoms with Crippen LogP contribution in [-0.2, 0) is 10.0 Å². The summed E-state index contributed by atoms with van der Waals surface area (Å²) in [4.78, 5) is 10.6. The van der Waals surface area contributed by atoms with Crippen LogP contribution in [0.3, 0.4) is 0 Å². The summed E-state index contributed by atoms with van der Waals surface area (Å²) in [5, 5.41) is 15.5. The number of nitrogens with one attached hydrogen (secondary N) is 2. The van der Waals surface area contributed by atoms with E-state index in [4.69, 9.17) is 0 Å². The third-order valence-electron chi connectivity index (χ3n) is 4.08. The van der Waals surface area contributed by atoms with Crippen LogP contribution in [0.4, 0.5) is 17.1 Å². The molecule has 0 aliphatic heterocycles. The molecule has 0 spiro atoms. The predicted octanol–water partition coefficient (Wildman–Crippen LogP) is 4.15. The van der Waals surface area contributed by atoms with E-state index in [9.17, 15) is 18.5 Å². The lowest BCUT2D eigenvalue weighted by Gasteiger charge is -2.09. The Morgan fingerprint density at radius 1 is 1.00 bits per heavy atom. The summed E-state index contributed by atoms with van der Waals surface area (Å²) in [5.41, 5.74) is 4.51. The Bertz CT molecular complexity index is 1160. The maximum Gasteiger partial charge on any atom is 0.295 e. The smallest absolute Gasteiger partial charge is 0.280 e. The van der Waals surface area contributed by atoms with E-state index < -0.39 is 20.6 Å². The van der Waals surface area contributed by atoms with Gasteiger partial charge >= 0.3 is 0 Å². The third-order valence-corrected chi connectivity index (χ3v) is 5.46. The van der Waals surface area contributed by atoms with Crippen LogP contribution >= 0.6 is 0 Å². The second kappa shape index (κ2) is 8.53. The number of hydrogen-bond donors (Lipinski definition) is 2. The lowest BCUT2D eigenvalue weighted by molar-refractivity contribution is -0.384. The standard InChI is InChI=1S/C20H18N4O4S/c1-15-7-5-6-8-16(15)14-21-22-19-12-11-18(13-20(19)24(25)26)29(27,28)23-17-9-3-2-4-10-17/h2-14,22-23H,1H3/b21-14-. The van der Waals surface area contributed by atoms with E-state index in [2.05, 4.69) is 15.2 Å². The molecule has 0 amide bonds. The Kier molecular flexibility index (Phi) is 5.89. The molecule has 0 unspecified atom stereocenters. The van der Waals surface area contributed by atoms with Crippen LogP contribution in [0, 0.1) is 17.0 Å². The van der Waals surface area contributed by atoms with Crippen molar-refractivity contribution in [3.63, 3.8) is 0 Å². The summed E-state index contributed by atoms with van der Waals surface area (Å²) in [5.74, 6) is 0. The molecule has 0 heterocycles. The van der Waals surface area contributed by atoms with Gasteiger partial charge in [-0.25, -0.2) is 8.42 Å². The summed E-state index contributed by atoms with van der Waals surface area (Å²) in [6.07, 6.45) is 1.54. The molecule has 0 atom stereocenters. The molecule has 3 rings (SSSR count). The number of nitrogens with zero attached hydrogens (tertiary/aromatic N) is 2. The average Bonchev–Trinajstić information content (AvgIpc) is 2.70. The highest BCUT2D eigenvalue weighted by Gasteiger charge is 2.21. The molecule has 0 aromatic heterocycles. The number of aryl methyl sites for hydroxylation is 1. The van der Waals surface area contributed by atoms with Gasteiger partial charge in [0.1, 0.15) is 5.69 Å². The van der Waals surface area contributed by atoms with E-state index in [1.807, 2.05) is 31.2 Å². The molecule has 8 nitrogen and oxygen atoms in total. The van der Waals surface area contributed by atoms with Gasteiger partial charge in [-0.3, -0.25) is 20.3 Å². The molecule has 0 saturated heterocycles. The van der Waals surface area contributed by atoms with Crippen LogP contribution in [-0.4, -0.2) is 19.6 Å². The van der Waals surface area contributed by atoms with E-state index in [0.717, 1.165) is 17.2 Å². The van der Waals surface area contributed by atoms with Crippen LogP contribution in [0.25, 0.3) is 0 Å². The molecule has 0 saturated carbocycles. The quantitative estimate of drug-likeness (QED) is 0.345. The summed E-state index contributed by atoms with van der Waals surface area (Å²) < 4.78 is 27.5. The van der Waals surface area contributed by atoms with Crippen molar-refractivity contribution in [2.45, 2.75) is 11.8 Å². The molecular formula is C20H18N4O4S. The Labute approximate surface area is 168 Å². The Hall–Kier alpha value is -3.72. The van der Waals surface area contributed by atoms with Crippen molar-refractivity contribution in [3.05, 3.63) is 94.0 Å². The van der Waals surface area contributed by atoms with Crippen molar-refractivity contribution in [2.24, 2.45) is 5.10 Å². The highest BCUT2D eigenvalue weighted by atomic mass is 32.2. The molecule has 0 aliphatic rings. The lowest BCUT2D eigenvalue weighted by Crippen LogP contribution is -2.13. The van der Waals surface area contributed by atoms with Crippen molar-refractivity contribution in [1.29, 1.82) is 0 Å². The van der Waals surface area contributed by atoms with Gasteiger partial charge in [-0.05, 0) is 42.3 Å². The van der Waals surface area contributed by atoms with E-state index in [1.54, 1.807) is 36.5 Å². The predicted molar refractivity (Wildman–Crippen MR) is 113 cm³/mol. The number of rotatable bonds is 7. The zero-order chi connectivity index (χ0) is 20.9. The second-order valence-electron chi connectivity index (χ2n) is 6.13. The topological polar surface area (TPSA) is 114 Å². The van der Waals surface area contributed by atoms with Gasteiger partial charge in [0, 0.05) is 11.8 Å². The third kappa shape index (κ3) is 4.96. The molecule has 9 heteroatoms. The molecule has 148 valence electrons. The van der Waals surface area contributed by atoms with E-state index >= 15 is 0 Å². The van der Waals surface area contributed by atoms with Crippen LogP contribution in [0.15, 0.2) is 82.8 Å². The summed E-state index contributed by atoms with van der Waals surface area (Å²) in [6.45, 7) is 1.92. The molecule has 2 N–H and O–H groups in total. The molecular weight excluding hydrogens is 392 g/mol. The SMILES string of the molecule is Cc1ccccc1/C=N\Nc1ccc(S(=O)(=O)Nc2ccccc2)cc1[N+](=O)[O-]. The van der Waals surface area contributed by atoms with Crippen molar-refractivity contribution < 1.29 is 13.3 Å². The van der Waals surface area contributed by atoms with Gasteiger partial charge in [0.05, 0.1) is 16.0 Å². The number of hydrogen-bond acceptors (Lipinski definition) is 6. The van der Waals surface area contributed by atoms with Gasteiger partial charge in [0.25, 0.3) is 15.7 Å². The first-order chi connectivity index (χ1) is 13.9. The largest absolute Gasteiger partial charge is 0.295 e. The average molecular weight is 410 g/mol. The number of para-hydroxylation sites is 1. The highest BCUT2D eigenvalue weighted by Crippen LogP contribution is 2.28. The maximum atomic E-state index is 12.5.